The first-order chi connectivity index (χ1) is 16.2. The number of amides is 4. The van der Waals surface area contributed by atoms with Gasteiger partial charge in [-0.25, -0.2) is 9.59 Å². The van der Waals surface area contributed by atoms with Crippen molar-refractivity contribution < 1.29 is 41.8 Å². The van der Waals surface area contributed by atoms with Crippen LogP contribution in [-0.2, 0) is 25.7 Å². The maximum Gasteiger partial charge on any atom is 0.472 e. The normalized spacial score (nSPS) is 20.2. The Labute approximate surface area is 200 Å². The summed E-state index contributed by atoms with van der Waals surface area (Å²) < 4.78 is 47.5. The Kier molecular flexibility index (Phi) is 9.32. The lowest BCUT2D eigenvalue weighted by Gasteiger charge is -2.36. The van der Waals surface area contributed by atoms with Gasteiger partial charge in [-0.3, -0.25) is 20.4 Å². The fraction of sp³-hybridized carbons (Fsp3) is 0.545. The van der Waals surface area contributed by atoms with Crippen LogP contribution in [0.15, 0.2) is 30.3 Å². The van der Waals surface area contributed by atoms with Crippen molar-refractivity contribution in [3.8, 4) is 0 Å². The molecule has 0 aliphatic heterocycles. The van der Waals surface area contributed by atoms with Gasteiger partial charge in [0.05, 0.1) is 12.1 Å². The predicted molar refractivity (Wildman–Crippen MR) is 116 cm³/mol. The summed E-state index contributed by atoms with van der Waals surface area (Å²) in [5, 5.41) is 5.26. The molecule has 2 rings (SSSR count). The fourth-order valence-electron chi connectivity index (χ4n) is 3.41. The lowest BCUT2D eigenvalue weighted by molar-refractivity contribution is -0.175. The summed E-state index contributed by atoms with van der Waals surface area (Å²) in [6.07, 6.45) is -6.35. The van der Waals surface area contributed by atoms with E-state index in [1.165, 1.54) is 5.43 Å². The number of alkyl halides is 3. The van der Waals surface area contributed by atoms with Crippen molar-refractivity contribution in [1.29, 1.82) is 0 Å². The summed E-state index contributed by atoms with van der Waals surface area (Å²) in [7, 11) is 0. The van der Waals surface area contributed by atoms with Crippen LogP contribution in [0.4, 0.5) is 22.8 Å². The molecule has 13 heteroatoms. The van der Waals surface area contributed by atoms with Crippen LogP contribution in [0.5, 0.6) is 0 Å². The highest BCUT2D eigenvalue weighted by Crippen LogP contribution is 2.26. The number of rotatable bonds is 5. The van der Waals surface area contributed by atoms with Gasteiger partial charge in [0, 0.05) is 5.92 Å². The molecule has 0 spiro atoms. The summed E-state index contributed by atoms with van der Waals surface area (Å²) in [6.45, 7) is 4.99. The Hall–Kier alpha value is -3.51. The van der Waals surface area contributed by atoms with Crippen LogP contribution in [0.3, 0.4) is 0 Å². The summed E-state index contributed by atoms with van der Waals surface area (Å²) in [5.74, 6) is -4.02. The molecule has 35 heavy (non-hydrogen) atoms. The van der Waals surface area contributed by atoms with Crippen molar-refractivity contribution >= 4 is 24.0 Å². The van der Waals surface area contributed by atoms with E-state index in [9.17, 15) is 32.3 Å². The standard InChI is InChI=1S/C22H29F3N4O6/c1-21(2,3)35-20(33)27-16-11-14(17(30)28-29-18(31)22(23,24)25)9-10-15(16)26-19(32)34-12-13-7-5-4-6-8-13/h4-8,14-16H,9-12H2,1-3H3,(H,26,32)(H,27,33)(H,28,30)(H,29,31). The monoisotopic (exact) mass is 502 g/mol. The van der Waals surface area contributed by atoms with Gasteiger partial charge in [0.25, 0.3) is 0 Å². The van der Waals surface area contributed by atoms with Gasteiger partial charge in [0.2, 0.25) is 5.91 Å². The predicted octanol–water partition coefficient (Wildman–Crippen LogP) is 2.68. The first kappa shape index (κ1) is 27.7. The first-order valence-corrected chi connectivity index (χ1v) is 10.9. The van der Waals surface area contributed by atoms with Crippen molar-refractivity contribution in [3.05, 3.63) is 35.9 Å². The highest BCUT2D eigenvalue weighted by Gasteiger charge is 2.40. The topological polar surface area (TPSA) is 135 Å². The Morgan fingerprint density at radius 2 is 1.54 bits per heavy atom. The Bertz CT molecular complexity index is 905. The number of ether oxygens (including phenoxy) is 2. The molecule has 4 amide bonds. The third-order valence-corrected chi connectivity index (χ3v) is 5.00. The molecule has 3 unspecified atom stereocenters. The molecule has 0 bridgehead atoms. The Balaban J connectivity index is 2.00. The molecule has 0 saturated heterocycles. The summed E-state index contributed by atoms with van der Waals surface area (Å²) in [4.78, 5) is 47.9. The van der Waals surface area contributed by atoms with E-state index in [4.69, 9.17) is 9.47 Å². The molecule has 1 aliphatic carbocycles. The minimum atomic E-state index is -5.16. The van der Waals surface area contributed by atoms with E-state index in [1.807, 2.05) is 6.07 Å². The van der Waals surface area contributed by atoms with E-state index >= 15 is 0 Å². The largest absolute Gasteiger partial charge is 0.472 e. The third kappa shape index (κ3) is 9.71. The SMILES string of the molecule is CC(C)(C)OC(=O)NC1CC(C(=O)NNC(=O)C(F)(F)F)CCC1NC(=O)OCc1ccccc1. The number of benzene rings is 1. The first-order valence-electron chi connectivity index (χ1n) is 10.9. The molecule has 1 fully saturated rings. The second-order valence-electron chi connectivity index (χ2n) is 9.02. The Morgan fingerprint density at radius 3 is 2.14 bits per heavy atom. The van der Waals surface area contributed by atoms with E-state index in [1.54, 1.807) is 50.5 Å². The van der Waals surface area contributed by atoms with Crippen LogP contribution < -0.4 is 21.5 Å². The molecule has 0 aromatic heterocycles. The average molecular weight is 502 g/mol. The van der Waals surface area contributed by atoms with E-state index in [2.05, 4.69) is 10.6 Å². The number of carbonyl (C=O) groups is 4. The van der Waals surface area contributed by atoms with E-state index in [0.717, 1.165) is 5.56 Å². The molecule has 1 aliphatic rings. The molecule has 10 nitrogen and oxygen atoms in total. The molecule has 0 heterocycles. The van der Waals surface area contributed by atoms with Crippen LogP contribution in [0, 0.1) is 5.92 Å². The summed E-state index contributed by atoms with van der Waals surface area (Å²) >= 11 is 0. The fourth-order valence-corrected chi connectivity index (χ4v) is 3.41. The molecule has 1 aromatic carbocycles. The zero-order valence-corrected chi connectivity index (χ0v) is 19.5. The van der Waals surface area contributed by atoms with Crippen LogP contribution in [0.25, 0.3) is 0 Å². The van der Waals surface area contributed by atoms with E-state index in [0.29, 0.717) is 0 Å². The minimum absolute atomic E-state index is 0.0213. The lowest BCUT2D eigenvalue weighted by Crippen LogP contribution is -2.57. The van der Waals surface area contributed by atoms with Gasteiger partial charge in [0.15, 0.2) is 0 Å². The maximum absolute atomic E-state index is 12.3. The van der Waals surface area contributed by atoms with Crippen LogP contribution in [0.2, 0.25) is 0 Å². The molecule has 1 aromatic rings. The second kappa shape index (κ2) is 11.8. The summed E-state index contributed by atoms with van der Waals surface area (Å²) in [5.41, 5.74) is 3.03. The van der Waals surface area contributed by atoms with Gasteiger partial charge in [-0.15, -0.1) is 0 Å². The van der Waals surface area contributed by atoms with Gasteiger partial charge in [0.1, 0.15) is 12.2 Å². The number of nitrogens with one attached hydrogen (secondary N) is 4. The molecular formula is C22H29F3N4O6. The van der Waals surface area contributed by atoms with Crippen LogP contribution in [-0.4, -0.2) is 47.9 Å². The number of hydrogen-bond acceptors (Lipinski definition) is 6. The Morgan fingerprint density at radius 1 is 0.914 bits per heavy atom. The highest BCUT2D eigenvalue weighted by molar-refractivity contribution is 5.86. The van der Waals surface area contributed by atoms with E-state index in [-0.39, 0.29) is 25.9 Å². The molecular weight excluding hydrogens is 473 g/mol. The smallest absolute Gasteiger partial charge is 0.445 e. The molecule has 0 radical (unpaired) electrons. The molecule has 3 atom stereocenters. The third-order valence-electron chi connectivity index (χ3n) is 5.00. The van der Waals surface area contributed by atoms with Gasteiger partial charge in [-0.1, -0.05) is 30.3 Å². The van der Waals surface area contributed by atoms with Crippen molar-refractivity contribution in [3.63, 3.8) is 0 Å². The van der Waals surface area contributed by atoms with Gasteiger partial charge in [-0.2, -0.15) is 13.2 Å². The molecule has 194 valence electrons. The van der Waals surface area contributed by atoms with Crippen LogP contribution in [0.1, 0.15) is 45.6 Å². The van der Waals surface area contributed by atoms with Gasteiger partial charge >= 0.3 is 24.3 Å². The van der Waals surface area contributed by atoms with Crippen molar-refractivity contribution in [2.45, 2.75) is 70.5 Å². The molecule has 1 saturated carbocycles. The van der Waals surface area contributed by atoms with E-state index < -0.39 is 53.8 Å². The summed E-state index contributed by atoms with van der Waals surface area (Å²) in [6, 6.07) is 7.53. The molecule has 4 N–H and O–H groups in total. The number of halogens is 3. The van der Waals surface area contributed by atoms with Crippen molar-refractivity contribution in [1.82, 2.24) is 21.5 Å². The average Bonchev–Trinajstić information content (AvgIpc) is 2.75. The van der Waals surface area contributed by atoms with Crippen molar-refractivity contribution in [2.24, 2.45) is 5.92 Å². The number of hydrogen-bond donors (Lipinski definition) is 4. The maximum atomic E-state index is 12.3. The minimum Gasteiger partial charge on any atom is -0.445 e. The number of carbonyl (C=O) groups excluding carboxylic acids is 4. The second-order valence-corrected chi connectivity index (χ2v) is 9.02. The zero-order valence-electron chi connectivity index (χ0n) is 19.5. The van der Waals surface area contributed by atoms with Crippen molar-refractivity contribution in [2.75, 3.05) is 0 Å². The zero-order chi connectivity index (χ0) is 26.2. The quantitative estimate of drug-likeness (QED) is 0.458. The lowest BCUT2D eigenvalue weighted by atomic mass is 9.82. The van der Waals surface area contributed by atoms with Crippen LogP contribution >= 0.6 is 0 Å². The highest BCUT2D eigenvalue weighted by atomic mass is 19.4. The number of alkyl carbamates (subject to hydrolysis) is 2. The van der Waals surface area contributed by atoms with Gasteiger partial charge < -0.3 is 20.1 Å². The number of hydrazine groups is 1. The van der Waals surface area contributed by atoms with Gasteiger partial charge in [-0.05, 0) is 45.6 Å².